The van der Waals surface area contributed by atoms with E-state index < -0.39 is 0 Å². The molecular formula is C56H45BN5OPt-3. The molecule has 2 aromatic heterocycles. The van der Waals surface area contributed by atoms with Crippen LogP contribution in [0.5, 0.6) is 11.5 Å². The number of hydrogen-bond acceptors (Lipinski definition) is 5. The number of anilines is 3. The van der Waals surface area contributed by atoms with Crippen molar-refractivity contribution in [1.82, 2.24) is 14.4 Å². The van der Waals surface area contributed by atoms with Crippen LogP contribution in [0.25, 0.3) is 38.7 Å². The largest absolute Gasteiger partial charge is 0.509 e. The molecule has 0 saturated heterocycles. The molecule has 3 aliphatic rings. The molecule has 0 radical (unpaired) electrons. The number of nitrogens with zero attached hydrogens (tertiary/aromatic N) is 5. The summed E-state index contributed by atoms with van der Waals surface area (Å²) in [5.74, 6) is 4.34. The van der Waals surface area contributed by atoms with Crippen LogP contribution in [0.1, 0.15) is 48.6 Å². The second-order valence-electron chi connectivity index (χ2n) is 17.6. The van der Waals surface area contributed by atoms with Crippen molar-refractivity contribution >= 4 is 56.8 Å². The third kappa shape index (κ3) is 7.28. The number of benzene rings is 6. The molecule has 0 saturated carbocycles. The first-order valence-electron chi connectivity index (χ1n) is 21.6. The first-order chi connectivity index (χ1) is 30.7. The third-order valence-corrected chi connectivity index (χ3v) is 12.3. The van der Waals surface area contributed by atoms with E-state index in [9.17, 15) is 0 Å². The van der Waals surface area contributed by atoms with E-state index in [4.69, 9.17) is 9.72 Å². The molecule has 64 heavy (non-hydrogen) atoms. The summed E-state index contributed by atoms with van der Waals surface area (Å²) in [7, 11) is 0. The number of fused-ring (bicyclic) bond motifs is 5. The van der Waals surface area contributed by atoms with E-state index in [1.165, 1.54) is 27.7 Å². The van der Waals surface area contributed by atoms with E-state index in [-0.39, 0.29) is 33.3 Å². The zero-order chi connectivity index (χ0) is 42.8. The van der Waals surface area contributed by atoms with Crippen LogP contribution < -0.4 is 14.5 Å². The summed E-state index contributed by atoms with van der Waals surface area (Å²) in [5, 5.41) is 2.23. The number of ether oxygens (including phenoxy) is 1. The Balaban J connectivity index is 0.00000484. The molecule has 0 spiro atoms. The Morgan fingerprint density at radius 2 is 1.38 bits per heavy atom. The van der Waals surface area contributed by atoms with Crippen molar-refractivity contribution in [1.29, 1.82) is 0 Å². The van der Waals surface area contributed by atoms with Gasteiger partial charge in [-0.15, -0.1) is 48.1 Å². The molecule has 8 aromatic rings. The maximum Gasteiger partial charge on any atom is 0.322 e. The fourth-order valence-electron chi connectivity index (χ4n) is 9.03. The molecular weight excluding hydrogens is 965 g/mol. The topological polar surface area (TPSA) is 36.8 Å². The van der Waals surface area contributed by atoms with Gasteiger partial charge in [0, 0.05) is 73.1 Å². The fourth-order valence-corrected chi connectivity index (χ4v) is 9.03. The molecule has 8 heteroatoms. The second kappa shape index (κ2) is 16.4. The SMILES string of the molecule is Cc1ccc(C2=CN3C=CC=CB3C(c3ccc(C)cc3)=C2N2[CH-]N(c3[c-]c(Oc4[c-]c5c(cc4)c4ccccc4n5-c4cc(C(C)(C)C)ccn4)ccc3)c3ccccc32)cc1.[Pt]. The Kier molecular flexibility index (Phi) is 10.6. The minimum atomic E-state index is -0.0258. The molecule has 0 N–H and O–H groups in total. The molecule has 316 valence electrons. The van der Waals surface area contributed by atoms with Gasteiger partial charge in [0.2, 0.25) is 0 Å². The van der Waals surface area contributed by atoms with Crippen LogP contribution in [0.15, 0.2) is 182 Å². The molecule has 0 fully saturated rings. The summed E-state index contributed by atoms with van der Waals surface area (Å²) in [5.41, 5.74) is 14.4. The smallest absolute Gasteiger partial charge is 0.322 e. The monoisotopic (exact) mass is 1010 g/mol. The van der Waals surface area contributed by atoms with E-state index in [0.717, 1.165) is 61.5 Å². The van der Waals surface area contributed by atoms with Crippen molar-refractivity contribution in [3.05, 3.63) is 229 Å². The van der Waals surface area contributed by atoms with Gasteiger partial charge in [-0.05, 0) is 89.4 Å². The molecule has 6 nitrogen and oxygen atoms in total. The molecule has 0 bridgehead atoms. The second-order valence-corrected chi connectivity index (χ2v) is 17.6. The van der Waals surface area contributed by atoms with Gasteiger partial charge in [-0.1, -0.05) is 128 Å². The van der Waals surface area contributed by atoms with Gasteiger partial charge < -0.3 is 23.9 Å². The number of para-hydroxylation sites is 3. The number of rotatable bonds is 7. The van der Waals surface area contributed by atoms with E-state index in [1.54, 1.807) is 0 Å². The first-order valence-corrected chi connectivity index (χ1v) is 21.6. The molecule has 3 aliphatic heterocycles. The van der Waals surface area contributed by atoms with Crippen molar-refractivity contribution < 1.29 is 25.8 Å². The van der Waals surface area contributed by atoms with Crippen LogP contribution in [0.2, 0.25) is 0 Å². The maximum absolute atomic E-state index is 6.67. The Morgan fingerprint density at radius 1 is 0.672 bits per heavy atom. The first kappa shape index (κ1) is 41.2. The molecule has 11 rings (SSSR count). The number of pyridine rings is 1. The molecule has 0 unspecified atom stereocenters. The van der Waals surface area contributed by atoms with Crippen LogP contribution in [0, 0.1) is 32.6 Å². The summed E-state index contributed by atoms with van der Waals surface area (Å²) in [6, 6.07) is 56.6. The Bertz CT molecular complexity index is 3210. The van der Waals surface area contributed by atoms with E-state index in [2.05, 4.69) is 224 Å². The number of aromatic nitrogens is 2. The Labute approximate surface area is 390 Å². The number of aryl methyl sites for hydroxylation is 2. The fraction of sp³-hybridized carbons (Fsp3) is 0.107. The Morgan fingerprint density at radius 3 is 2.14 bits per heavy atom. The zero-order valence-electron chi connectivity index (χ0n) is 36.4. The summed E-state index contributed by atoms with van der Waals surface area (Å²) in [4.78, 5) is 11.8. The average molecular weight is 1010 g/mol. The summed E-state index contributed by atoms with van der Waals surface area (Å²) in [6.07, 6.45) is 10.6. The molecule has 0 atom stereocenters. The van der Waals surface area contributed by atoms with Crippen LogP contribution in [-0.2, 0) is 26.5 Å². The molecule has 0 amide bonds. The number of allylic oxidation sites excluding steroid dienone is 3. The minimum absolute atomic E-state index is 0. The molecule has 5 heterocycles. The van der Waals surface area contributed by atoms with Gasteiger partial charge in [-0.3, -0.25) is 0 Å². The maximum atomic E-state index is 6.67. The van der Waals surface area contributed by atoms with Crippen molar-refractivity contribution in [3.8, 4) is 17.3 Å². The predicted octanol–water partition coefficient (Wildman–Crippen LogP) is 13.5. The van der Waals surface area contributed by atoms with Crippen LogP contribution in [0.4, 0.5) is 17.1 Å². The molecule has 0 aliphatic carbocycles. The minimum Gasteiger partial charge on any atom is -0.509 e. The van der Waals surface area contributed by atoms with E-state index >= 15 is 0 Å². The van der Waals surface area contributed by atoms with E-state index in [0.29, 0.717) is 11.5 Å². The predicted molar refractivity (Wildman–Crippen MR) is 260 cm³/mol. The van der Waals surface area contributed by atoms with Gasteiger partial charge >= 0.3 is 6.85 Å². The van der Waals surface area contributed by atoms with Crippen LogP contribution in [0.3, 0.4) is 0 Å². The standard InChI is InChI=1S/C56H45BN5O.Pt/c1-38-19-23-40(24-20-38)48-36-59-32-11-10-30-57(59)54(41-25-21-39(2)22-26-41)55(48)61-37-60(50-17-8-9-18-51(50)61)43-13-12-14-44(34-43)63-45-27-28-47-46-15-6-7-16-49(46)62(52(47)35-45)53-33-42(29-31-58-53)56(3,4)5;/h6-33,36-37H,1-5H3;/q-3;. The zero-order valence-corrected chi connectivity index (χ0v) is 38.6. The third-order valence-electron chi connectivity index (χ3n) is 12.3. The van der Waals surface area contributed by atoms with Crippen LogP contribution in [-0.4, -0.2) is 21.2 Å². The summed E-state index contributed by atoms with van der Waals surface area (Å²) in [6.45, 7) is 13.2. The summed E-state index contributed by atoms with van der Waals surface area (Å²) >= 11 is 0. The van der Waals surface area contributed by atoms with Crippen molar-refractivity contribution in [2.24, 2.45) is 0 Å². The van der Waals surface area contributed by atoms with Gasteiger partial charge in [0.25, 0.3) is 0 Å². The quantitative estimate of drug-likeness (QED) is 0.117. The Hall–Kier alpha value is -6.82. The van der Waals surface area contributed by atoms with Gasteiger partial charge in [0.1, 0.15) is 5.82 Å². The average Bonchev–Trinajstić information content (AvgIpc) is 3.85. The van der Waals surface area contributed by atoms with Crippen molar-refractivity contribution in [3.63, 3.8) is 0 Å². The van der Waals surface area contributed by atoms with Crippen molar-refractivity contribution in [2.75, 3.05) is 9.80 Å². The van der Waals surface area contributed by atoms with Crippen molar-refractivity contribution in [2.45, 2.75) is 40.0 Å². The van der Waals surface area contributed by atoms with Gasteiger partial charge in [-0.2, -0.15) is 12.1 Å². The van der Waals surface area contributed by atoms with Gasteiger partial charge in [0.15, 0.2) is 0 Å². The van der Waals surface area contributed by atoms with E-state index in [1.807, 2.05) is 24.4 Å². The van der Waals surface area contributed by atoms with Gasteiger partial charge in [0.05, 0.1) is 0 Å². The summed E-state index contributed by atoms with van der Waals surface area (Å²) < 4.78 is 8.87. The normalized spacial score (nSPS) is 14.5. The van der Waals surface area contributed by atoms with Gasteiger partial charge in [-0.25, -0.2) is 4.98 Å². The van der Waals surface area contributed by atoms with Crippen LogP contribution >= 0.6 is 0 Å². The number of hydrogen-bond donors (Lipinski definition) is 0. The molecule has 6 aromatic carbocycles.